The van der Waals surface area contributed by atoms with Gasteiger partial charge in [0.15, 0.2) is 0 Å². The molecule has 35 heavy (non-hydrogen) atoms. The topological polar surface area (TPSA) is 120 Å². The number of nitrogens with one attached hydrogen (secondary N) is 2. The lowest BCUT2D eigenvalue weighted by molar-refractivity contribution is 0.244. The van der Waals surface area contributed by atoms with E-state index < -0.39 is 0 Å². The zero-order chi connectivity index (χ0) is 24.8. The van der Waals surface area contributed by atoms with Gasteiger partial charge in [-0.1, -0.05) is 30.3 Å². The van der Waals surface area contributed by atoms with Crippen molar-refractivity contribution >= 4 is 17.4 Å². The molecule has 2 aliphatic rings. The van der Waals surface area contributed by atoms with Crippen LogP contribution in [0.3, 0.4) is 0 Å². The number of amides is 2. The van der Waals surface area contributed by atoms with E-state index in [9.17, 15) is 9.90 Å². The number of nitrogens with two attached hydrogens (primary N) is 2. The number of fused-ring (bicyclic) bond motifs is 1. The molecular formula is C26H33FN6O2. The second-order valence-corrected chi connectivity index (χ2v) is 8.74. The van der Waals surface area contributed by atoms with Crippen molar-refractivity contribution in [2.75, 3.05) is 31.1 Å². The number of carbonyl (C=O) groups is 1. The number of hydrogen-bond donors (Lipinski definition) is 5. The maximum absolute atomic E-state index is 15.1. The average molecular weight is 481 g/mol. The van der Waals surface area contributed by atoms with E-state index in [1.807, 2.05) is 30.3 Å². The summed E-state index contributed by atoms with van der Waals surface area (Å²) in [5.74, 6) is -0.362. The van der Waals surface area contributed by atoms with Gasteiger partial charge < -0.3 is 27.2 Å². The summed E-state index contributed by atoms with van der Waals surface area (Å²) in [5, 5.41) is 15.9. The first-order valence-corrected chi connectivity index (χ1v) is 11.9. The fourth-order valence-electron chi connectivity index (χ4n) is 4.39. The minimum Gasteiger partial charge on any atom is -0.392 e. The quantitative estimate of drug-likeness (QED) is 0.336. The number of carbonyl (C=O) groups excluding carboxylic acids is 1. The lowest BCUT2D eigenvalue weighted by atomic mass is 10.1. The molecule has 0 radical (unpaired) electrons. The van der Waals surface area contributed by atoms with Crippen molar-refractivity contribution in [3.63, 3.8) is 0 Å². The number of hydrogen-bond acceptors (Lipinski definition) is 6. The molecule has 8 nitrogen and oxygen atoms in total. The minimum absolute atomic E-state index is 0.0844. The minimum atomic E-state index is -0.386. The van der Waals surface area contributed by atoms with Crippen molar-refractivity contribution in [2.24, 2.45) is 11.5 Å². The van der Waals surface area contributed by atoms with Crippen molar-refractivity contribution in [1.82, 2.24) is 15.5 Å². The predicted octanol–water partition coefficient (Wildman–Crippen LogP) is 2.20. The van der Waals surface area contributed by atoms with Crippen LogP contribution in [0.2, 0.25) is 0 Å². The monoisotopic (exact) mass is 480 g/mol. The predicted molar refractivity (Wildman–Crippen MR) is 135 cm³/mol. The third-order valence-corrected chi connectivity index (χ3v) is 6.25. The third kappa shape index (κ3) is 5.71. The van der Waals surface area contributed by atoms with Crippen LogP contribution in [0.25, 0.3) is 5.70 Å². The van der Waals surface area contributed by atoms with Crippen molar-refractivity contribution in [3.05, 3.63) is 82.8 Å². The van der Waals surface area contributed by atoms with E-state index in [4.69, 9.17) is 11.5 Å². The number of halogens is 1. The number of aliphatic hydroxyl groups is 1. The summed E-state index contributed by atoms with van der Waals surface area (Å²) < 4.78 is 15.1. The lowest BCUT2D eigenvalue weighted by Crippen LogP contribution is -2.51. The van der Waals surface area contributed by atoms with Gasteiger partial charge in [0.1, 0.15) is 12.0 Å². The number of benzene rings is 2. The van der Waals surface area contributed by atoms with Gasteiger partial charge in [0.05, 0.1) is 12.3 Å². The molecule has 9 heteroatoms. The number of urea groups is 1. The molecule has 0 spiro atoms. The van der Waals surface area contributed by atoms with Crippen LogP contribution < -0.4 is 27.0 Å². The molecule has 2 aromatic carbocycles. The third-order valence-electron chi connectivity index (χ3n) is 6.25. The average Bonchev–Trinajstić information content (AvgIpc) is 3.28. The molecule has 1 unspecified atom stereocenters. The number of anilines is 1. The van der Waals surface area contributed by atoms with Crippen LogP contribution in [0.15, 0.2) is 60.3 Å². The van der Waals surface area contributed by atoms with Gasteiger partial charge in [0.25, 0.3) is 0 Å². The Morgan fingerprint density at radius 2 is 1.77 bits per heavy atom. The first kappa shape index (κ1) is 24.9. The van der Waals surface area contributed by atoms with E-state index in [1.165, 1.54) is 11.0 Å². The molecule has 2 amide bonds. The lowest BCUT2D eigenvalue weighted by Gasteiger charge is -2.29. The van der Waals surface area contributed by atoms with Crippen molar-refractivity contribution in [3.8, 4) is 0 Å². The molecule has 0 saturated heterocycles. The summed E-state index contributed by atoms with van der Waals surface area (Å²) in [7, 11) is 0. The standard InChI is InChI=1S/C26H33FN6O2/c27-23-14-21(8-7-18(23)15-32(11-3-9-28)12-4-10-29)33-16-20-13-24(30-25(20)31-26(33)35)22-6-2-1-5-19(22)17-34/h1-2,5-8,13-14,16,25,30,34H,3-4,9-12,15,17,28-29H2,(H,31,35). The van der Waals surface area contributed by atoms with Crippen molar-refractivity contribution in [1.29, 1.82) is 0 Å². The molecule has 7 N–H and O–H groups in total. The molecule has 2 aromatic rings. The molecule has 0 bridgehead atoms. The first-order chi connectivity index (χ1) is 17.0. The summed E-state index contributed by atoms with van der Waals surface area (Å²) >= 11 is 0. The highest BCUT2D eigenvalue weighted by Gasteiger charge is 2.31. The first-order valence-electron chi connectivity index (χ1n) is 11.9. The Labute approximate surface area is 205 Å². The second-order valence-electron chi connectivity index (χ2n) is 8.74. The SMILES string of the molecule is NCCCN(CCCN)Cc1ccc(N2C=C3C=C(c4ccccc4CO)NC3NC2=O)cc1F. The van der Waals surface area contributed by atoms with Crippen molar-refractivity contribution in [2.45, 2.75) is 32.2 Å². The highest BCUT2D eigenvalue weighted by Crippen LogP contribution is 2.30. The van der Waals surface area contributed by atoms with Crippen LogP contribution in [-0.2, 0) is 13.2 Å². The van der Waals surface area contributed by atoms with Crippen molar-refractivity contribution < 1.29 is 14.3 Å². The van der Waals surface area contributed by atoms with E-state index in [0.29, 0.717) is 30.9 Å². The van der Waals surface area contributed by atoms with E-state index in [0.717, 1.165) is 48.3 Å². The van der Waals surface area contributed by atoms with E-state index in [-0.39, 0.29) is 24.6 Å². The Bertz CT molecular complexity index is 1110. The summed E-state index contributed by atoms with van der Waals surface area (Å²) in [4.78, 5) is 16.4. The summed E-state index contributed by atoms with van der Waals surface area (Å²) in [5.41, 5.74) is 15.6. The van der Waals surface area contributed by atoms with Crippen LogP contribution in [0.4, 0.5) is 14.9 Å². The summed E-state index contributed by atoms with van der Waals surface area (Å²) in [6.07, 6.45) is 4.93. The van der Waals surface area contributed by atoms with E-state index in [2.05, 4.69) is 15.5 Å². The summed E-state index contributed by atoms with van der Waals surface area (Å²) in [6.45, 7) is 3.09. The molecule has 186 valence electrons. The van der Waals surface area contributed by atoms with E-state index >= 15 is 4.39 Å². The fraction of sp³-hybridized carbons (Fsp3) is 0.346. The van der Waals surface area contributed by atoms with Crippen LogP contribution in [0.5, 0.6) is 0 Å². The molecule has 2 aliphatic heterocycles. The molecule has 0 aliphatic carbocycles. The van der Waals surface area contributed by atoms with Gasteiger partial charge >= 0.3 is 6.03 Å². The largest absolute Gasteiger partial charge is 0.392 e. The van der Waals surface area contributed by atoms with Crippen LogP contribution >= 0.6 is 0 Å². The molecule has 0 aromatic heterocycles. The van der Waals surface area contributed by atoms with Gasteiger partial charge in [-0.2, -0.15) is 0 Å². The fourth-order valence-corrected chi connectivity index (χ4v) is 4.39. The van der Waals surface area contributed by atoms with Gasteiger partial charge in [-0.05, 0) is 62.8 Å². The number of rotatable bonds is 11. The Kier molecular flexibility index (Phi) is 8.14. The second kappa shape index (κ2) is 11.5. The Morgan fingerprint density at radius 3 is 2.46 bits per heavy atom. The van der Waals surface area contributed by atoms with Crippen LogP contribution in [-0.4, -0.2) is 48.4 Å². The normalized spacial score (nSPS) is 17.1. The Balaban J connectivity index is 1.54. The highest BCUT2D eigenvalue weighted by atomic mass is 19.1. The molecular weight excluding hydrogens is 447 g/mol. The molecule has 1 atom stereocenters. The van der Waals surface area contributed by atoms with Gasteiger partial charge in [0.2, 0.25) is 0 Å². The zero-order valence-corrected chi connectivity index (χ0v) is 19.7. The highest BCUT2D eigenvalue weighted by molar-refractivity contribution is 5.96. The molecule has 4 rings (SSSR count). The smallest absolute Gasteiger partial charge is 0.327 e. The number of nitrogens with zero attached hydrogens (tertiary/aromatic N) is 2. The Morgan fingerprint density at radius 1 is 1.03 bits per heavy atom. The van der Waals surface area contributed by atoms with Crippen LogP contribution in [0.1, 0.15) is 29.5 Å². The molecule has 0 fully saturated rings. The van der Waals surface area contributed by atoms with Gasteiger partial charge in [-0.15, -0.1) is 0 Å². The summed E-state index contributed by atoms with van der Waals surface area (Å²) in [6, 6.07) is 12.1. The molecule has 2 heterocycles. The van der Waals surface area contributed by atoms with Gasteiger partial charge in [-0.3, -0.25) is 9.80 Å². The number of aliphatic hydroxyl groups excluding tert-OH is 1. The van der Waals surface area contributed by atoms with Gasteiger partial charge in [-0.25, -0.2) is 9.18 Å². The Hall–Kier alpha value is -3.24. The molecule has 0 saturated carbocycles. The van der Waals surface area contributed by atoms with Gasteiger partial charge in [0, 0.05) is 35.1 Å². The maximum atomic E-state index is 15.1. The van der Waals surface area contributed by atoms with Crippen LogP contribution in [0, 0.1) is 5.82 Å². The zero-order valence-electron chi connectivity index (χ0n) is 19.7. The van der Waals surface area contributed by atoms with E-state index in [1.54, 1.807) is 18.3 Å². The maximum Gasteiger partial charge on any atom is 0.327 e.